The minimum Gasteiger partial charge on any atom is -0.490 e. The zero-order valence-electron chi connectivity index (χ0n) is 15.4. The normalized spacial score (nSPS) is 13.0. The molecule has 2 heterocycles. The first-order valence-electron chi connectivity index (χ1n) is 8.10. The van der Waals surface area contributed by atoms with Crippen LogP contribution in [-0.4, -0.2) is 42.4 Å². The average molecular weight is 487 g/mol. The second-order valence-corrected chi connectivity index (χ2v) is 8.56. The number of aromatic nitrogens is 2. The summed E-state index contributed by atoms with van der Waals surface area (Å²) in [6, 6.07) is 1.58. The fourth-order valence-corrected chi connectivity index (χ4v) is 3.23. The van der Waals surface area contributed by atoms with Gasteiger partial charge in [0.25, 0.3) is 5.91 Å². The van der Waals surface area contributed by atoms with Gasteiger partial charge in [0.2, 0.25) is 0 Å². The van der Waals surface area contributed by atoms with Crippen molar-refractivity contribution in [3.63, 3.8) is 0 Å². The Bertz CT molecular complexity index is 1050. The first kappa shape index (κ1) is 24.1. The van der Waals surface area contributed by atoms with E-state index in [9.17, 15) is 26.4 Å². The molecule has 0 aliphatic rings. The van der Waals surface area contributed by atoms with E-state index in [2.05, 4.69) is 15.3 Å². The zero-order chi connectivity index (χ0) is 22.7. The number of aryl methyl sites for hydroxylation is 1. The molecule has 8 nitrogen and oxygen atoms in total. The lowest BCUT2D eigenvalue weighted by molar-refractivity contribution is -0.0451. The molecule has 2 aromatic heterocycles. The maximum absolute atomic E-state index is 12.5. The van der Waals surface area contributed by atoms with Crippen LogP contribution < -0.4 is 14.8 Å². The molecule has 0 spiro atoms. The molecular formula is C16H15Cl2F3N4O4S. The molecule has 0 saturated carbocycles. The van der Waals surface area contributed by atoms with Crippen molar-refractivity contribution >= 4 is 45.0 Å². The Kier molecular flexibility index (Phi) is 7.50. The van der Waals surface area contributed by atoms with Crippen LogP contribution in [0.3, 0.4) is 0 Å². The Balaban J connectivity index is 2.08. The number of pyridine rings is 2. The number of rotatable bonds is 7. The topological polar surface area (TPSA) is 110 Å². The molecule has 0 bridgehead atoms. The van der Waals surface area contributed by atoms with Crippen molar-refractivity contribution in [2.75, 3.05) is 11.9 Å². The summed E-state index contributed by atoms with van der Waals surface area (Å²) < 4.78 is 66.1. The van der Waals surface area contributed by atoms with Crippen LogP contribution in [0.2, 0.25) is 10.2 Å². The Labute approximate surface area is 179 Å². The number of halogens is 5. The van der Waals surface area contributed by atoms with Crippen molar-refractivity contribution in [2.45, 2.75) is 25.4 Å². The molecule has 2 aromatic rings. The number of nitrogens with one attached hydrogen (secondary N) is 2. The van der Waals surface area contributed by atoms with Crippen LogP contribution in [0.5, 0.6) is 5.75 Å². The number of anilines is 1. The van der Waals surface area contributed by atoms with Gasteiger partial charge in [-0.1, -0.05) is 23.2 Å². The second-order valence-electron chi connectivity index (χ2n) is 6.06. The molecule has 0 fully saturated rings. The summed E-state index contributed by atoms with van der Waals surface area (Å²) in [6.45, 7) is 2.39. The van der Waals surface area contributed by atoms with E-state index in [1.54, 1.807) is 13.0 Å². The molecule has 0 aromatic carbocycles. The number of alkyl halides is 3. The lowest BCUT2D eigenvalue weighted by Gasteiger charge is -2.16. The average Bonchev–Trinajstić information content (AvgIpc) is 2.62. The van der Waals surface area contributed by atoms with Gasteiger partial charge in [-0.25, -0.2) is 23.1 Å². The van der Waals surface area contributed by atoms with Gasteiger partial charge in [0.15, 0.2) is 0 Å². The summed E-state index contributed by atoms with van der Waals surface area (Å²) in [6.07, 6.45) is 2.48. The number of hydrogen-bond donors (Lipinski definition) is 2. The highest BCUT2D eigenvalue weighted by atomic mass is 35.5. The van der Waals surface area contributed by atoms with Crippen LogP contribution in [0.4, 0.5) is 19.0 Å². The van der Waals surface area contributed by atoms with Crippen LogP contribution in [0.25, 0.3) is 0 Å². The number of hydrogen-bond acceptors (Lipinski definition) is 6. The molecule has 0 saturated heterocycles. The molecule has 0 aliphatic carbocycles. The monoisotopic (exact) mass is 486 g/mol. The predicted octanol–water partition coefficient (Wildman–Crippen LogP) is 3.55. The maximum atomic E-state index is 12.5. The van der Waals surface area contributed by atoms with Gasteiger partial charge in [0.1, 0.15) is 23.3 Å². The molecule has 1 amide bonds. The number of amides is 1. The van der Waals surface area contributed by atoms with E-state index >= 15 is 0 Å². The number of sulfonamides is 1. The molecule has 0 unspecified atom stereocenters. The van der Waals surface area contributed by atoms with E-state index in [-0.39, 0.29) is 22.3 Å². The van der Waals surface area contributed by atoms with Crippen molar-refractivity contribution in [3.05, 3.63) is 45.8 Å². The van der Waals surface area contributed by atoms with Crippen LogP contribution in [0.15, 0.2) is 24.5 Å². The summed E-state index contributed by atoms with van der Waals surface area (Å²) in [4.78, 5) is 20.3. The summed E-state index contributed by atoms with van der Waals surface area (Å²) in [5.41, 5.74) is -4.94. The van der Waals surface area contributed by atoms with E-state index in [1.807, 2.05) is 0 Å². The van der Waals surface area contributed by atoms with E-state index in [0.29, 0.717) is 10.6 Å². The fraction of sp³-hybridized carbons (Fsp3) is 0.312. The Morgan fingerprint density at radius 2 is 1.90 bits per heavy atom. The Morgan fingerprint density at radius 1 is 1.23 bits per heavy atom. The van der Waals surface area contributed by atoms with Crippen LogP contribution in [0, 0.1) is 6.92 Å². The van der Waals surface area contributed by atoms with Crippen molar-refractivity contribution in [3.8, 4) is 5.75 Å². The van der Waals surface area contributed by atoms with Crippen LogP contribution >= 0.6 is 23.2 Å². The first-order chi connectivity index (χ1) is 13.8. The first-order valence-corrected chi connectivity index (χ1v) is 10.3. The van der Waals surface area contributed by atoms with E-state index < -0.39 is 34.1 Å². The molecule has 2 N–H and O–H groups in total. The molecule has 2 rings (SSSR count). The zero-order valence-corrected chi connectivity index (χ0v) is 17.7. The van der Waals surface area contributed by atoms with Crippen molar-refractivity contribution < 1.29 is 31.1 Å². The summed E-state index contributed by atoms with van der Waals surface area (Å²) in [5.74, 6) is -0.438. The van der Waals surface area contributed by atoms with Gasteiger partial charge < -0.3 is 10.1 Å². The van der Waals surface area contributed by atoms with Gasteiger partial charge in [-0.2, -0.15) is 13.2 Å². The van der Waals surface area contributed by atoms with E-state index in [1.165, 1.54) is 23.9 Å². The lowest BCUT2D eigenvalue weighted by atomic mass is 10.2. The Morgan fingerprint density at radius 3 is 2.50 bits per heavy atom. The third-order valence-electron chi connectivity index (χ3n) is 3.50. The number of ether oxygens (including phenoxy) is 1. The largest absolute Gasteiger partial charge is 0.511 e. The highest BCUT2D eigenvalue weighted by Gasteiger charge is 2.46. The molecule has 30 heavy (non-hydrogen) atoms. The molecule has 0 radical (unpaired) electrons. The van der Waals surface area contributed by atoms with E-state index in [4.69, 9.17) is 27.9 Å². The quantitative estimate of drug-likeness (QED) is 0.579. The van der Waals surface area contributed by atoms with E-state index in [0.717, 1.165) is 6.20 Å². The highest BCUT2D eigenvalue weighted by molar-refractivity contribution is 7.90. The smallest absolute Gasteiger partial charge is 0.490 e. The van der Waals surface area contributed by atoms with Crippen molar-refractivity contribution in [2.24, 2.45) is 0 Å². The van der Waals surface area contributed by atoms with Gasteiger partial charge >= 0.3 is 15.5 Å². The summed E-state index contributed by atoms with van der Waals surface area (Å²) in [7, 11) is -5.52. The standard InChI is InChI=1S/C16H15Cl2F3N4O4S/c1-8-3-10(17)5-23-14(8)24-15(26)12-4-11(6-22-13(12)18)29-7-9(2)25-30(27,28)16(19,20)21/h3-6,9,25H,7H2,1-2H3,(H,23,24,26)/t9-/m0/s1. The highest BCUT2D eigenvalue weighted by Crippen LogP contribution is 2.24. The summed E-state index contributed by atoms with van der Waals surface area (Å²) in [5, 5.41) is 2.76. The van der Waals surface area contributed by atoms with Gasteiger partial charge in [-0.05, 0) is 31.5 Å². The maximum Gasteiger partial charge on any atom is 0.511 e. The van der Waals surface area contributed by atoms with Crippen molar-refractivity contribution in [1.82, 2.24) is 14.7 Å². The Hall–Kier alpha value is -2.15. The summed E-state index contributed by atoms with van der Waals surface area (Å²) >= 11 is 11.8. The molecule has 164 valence electrons. The van der Waals surface area contributed by atoms with Gasteiger partial charge in [-0.15, -0.1) is 0 Å². The molecule has 14 heteroatoms. The number of carbonyl (C=O) groups is 1. The second kappa shape index (κ2) is 9.33. The minimum absolute atomic E-state index is 0.0107. The lowest BCUT2D eigenvalue weighted by Crippen LogP contribution is -2.43. The SMILES string of the molecule is Cc1cc(Cl)cnc1NC(=O)c1cc(OC[C@H](C)NS(=O)(=O)C(F)(F)F)cnc1Cl. The number of nitrogens with zero attached hydrogens (tertiary/aromatic N) is 2. The van der Waals surface area contributed by atoms with Gasteiger partial charge in [0, 0.05) is 6.20 Å². The molecular weight excluding hydrogens is 472 g/mol. The van der Waals surface area contributed by atoms with Crippen LogP contribution in [-0.2, 0) is 10.0 Å². The predicted molar refractivity (Wildman–Crippen MR) is 104 cm³/mol. The fourth-order valence-electron chi connectivity index (χ4n) is 2.10. The molecule has 0 aliphatic heterocycles. The third kappa shape index (κ3) is 6.17. The minimum atomic E-state index is -5.52. The van der Waals surface area contributed by atoms with Crippen LogP contribution in [0.1, 0.15) is 22.8 Å². The molecule has 1 atom stereocenters. The van der Waals surface area contributed by atoms with Crippen molar-refractivity contribution in [1.29, 1.82) is 0 Å². The number of carbonyl (C=O) groups excluding carboxylic acids is 1. The van der Waals surface area contributed by atoms with Gasteiger partial charge in [-0.3, -0.25) is 4.79 Å². The van der Waals surface area contributed by atoms with Gasteiger partial charge in [0.05, 0.1) is 22.8 Å². The third-order valence-corrected chi connectivity index (χ3v) is 5.33.